The standard InChI is InChI=1S/C24H30Cl2N2O2S/c1-5-17(4)27-24(30)22(6-2)28(14-19-20(25)8-7-9-21(19)26)23(29)15-31-18-12-10-16(3)11-13-18/h7-13,17,22H,5-6,14-15H2,1-4H3,(H,27,30). The topological polar surface area (TPSA) is 49.4 Å². The number of nitrogens with one attached hydrogen (secondary N) is 1. The first kappa shape index (κ1) is 25.6. The molecule has 2 rings (SSSR count). The average Bonchev–Trinajstić information content (AvgIpc) is 2.74. The van der Waals surface area contributed by atoms with Gasteiger partial charge in [-0.1, -0.05) is 60.8 Å². The Hall–Kier alpha value is -1.69. The second kappa shape index (κ2) is 12.4. The lowest BCUT2D eigenvalue weighted by molar-refractivity contribution is -0.139. The average molecular weight is 481 g/mol. The molecule has 2 amide bonds. The molecule has 2 aromatic rings. The monoisotopic (exact) mass is 480 g/mol. The van der Waals surface area contributed by atoms with Gasteiger partial charge in [0.2, 0.25) is 11.8 Å². The Labute approximate surface area is 199 Å². The summed E-state index contributed by atoms with van der Waals surface area (Å²) in [5.74, 6) is -0.0699. The summed E-state index contributed by atoms with van der Waals surface area (Å²) in [4.78, 5) is 28.9. The first-order valence-corrected chi connectivity index (χ1v) is 12.2. The minimum absolute atomic E-state index is 0.0318. The predicted molar refractivity (Wildman–Crippen MR) is 131 cm³/mol. The van der Waals surface area contributed by atoms with Crippen molar-refractivity contribution >= 4 is 46.8 Å². The minimum atomic E-state index is -0.604. The van der Waals surface area contributed by atoms with Gasteiger partial charge in [-0.15, -0.1) is 11.8 Å². The number of carbonyl (C=O) groups excluding carboxylic acids is 2. The molecular formula is C24H30Cl2N2O2S. The maximum Gasteiger partial charge on any atom is 0.243 e. The molecule has 0 aliphatic heterocycles. The van der Waals surface area contributed by atoms with Gasteiger partial charge in [0.15, 0.2) is 0 Å². The molecule has 0 aliphatic rings. The summed E-state index contributed by atoms with van der Waals surface area (Å²) < 4.78 is 0. The van der Waals surface area contributed by atoms with Crippen LogP contribution in [0.5, 0.6) is 0 Å². The largest absolute Gasteiger partial charge is 0.352 e. The number of thioether (sulfide) groups is 1. The van der Waals surface area contributed by atoms with Crippen LogP contribution in [-0.2, 0) is 16.1 Å². The highest BCUT2D eigenvalue weighted by atomic mass is 35.5. The molecule has 0 radical (unpaired) electrons. The SMILES string of the molecule is CCC(C)NC(=O)C(CC)N(Cc1c(Cl)cccc1Cl)C(=O)CSc1ccc(C)cc1. The zero-order chi connectivity index (χ0) is 23.0. The lowest BCUT2D eigenvalue weighted by Crippen LogP contribution is -2.51. The summed E-state index contributed by atoms with van der Waals surface area (Å²) in [6.07, 6.45) is 1.31. The molecule has 31 heavy (non-hydrogen) atoms. The molecule has 0 bridgehead atoms. The van der Waals surface area contributed by atoms with E-state index < -0.39 is 6.04 Å². The van der Waals surface area contributed by atoms with Gasteiger partial charge in [0, 0.05) is 33.1 Å². The number of nitrogens with zero attached hydrogens (tertiary/aromatic N) is 1. The Morgan fingerprint density at radius 2 is 1.65 bits per heavy atom. The molecule has 0 aliphatic carbocycles. The van der Waals surface area contributed by atoms with Crippen molar-refractivity contribution in [1.82, 2.24) is 10.2 Å². The van der Waals surface area contributed by atoms with Gasteiger partial charge < -0.3 is 10.2 Å². The Kier molecular flexibility index (Phi) is 10.2. The van der Waals surface area contributed by atoms with Crippen LogP contribution in [0.1, 0.15) is 44.7 Å². The molecule has 168 valence electrons. The number of carbonyl (C=O) groups is 2. The number of aryl methyl sites for hydroxylation is 1. The first-order valence-electron chi connectivity index (χ1n) is 10.5. The summed E-state index contributed by atoms with van der Waals surface area (Å²) in [7, 11) is 0. The van der Waals surface area contributed by atoms with Crippen molar-refractivity contribution in [1.29, 1.82) is 0 Å². The van der Waals surface area contributed by atoms with Crippen molar-refractivity contribution in [3.8, 4) is 0 Å². The molecule has 4 nitrogen and oxygen atoms in total. The highest BCUT2D eigenvalue weighted by Crippen LogP contribution is 2.28. The normalized spacial score (nSPS) is 12.8. The summed E-state index contributed by atoms with van der Waals surface area (Å²) in [5, 5.41) is 3.97. The fourth-order valence-electron chi connectivity index (χ4n) is 3.08. The van der Waals surface area contributed by atoms with Crippen LogP contribution >= 0.6 is 35.0 Å². The number of halogens is 2. The van der Waals surface area contributed by atoms with Crippen molar-refractivity contribution in [2.24, 2.45) is 0 Å². The van der Waals surface area contributed by atoms with E-state index in [1.54, 1.807) is 23.1 Å². The quantitative estimate of drug-likeness (QED) is 0.416. The van der Waals surface area contributed by atoms with Crippen molar-refractivity contribution in [3.63, 3.8) is 0 Å². The van der Waals surface area contributed by atoms with Crippen LogP contribution < -0.4 is 5.32 Å². The summed E-state index contributed by atoms with van der Waals surface area (Å²) in [6.45, 7) is 8.07. The molecule has 2 aromatic carbocycles. The summed E-state index contributed by atoms with van der Waals surface area (Å²) >= 11 is 14.2. The van der Waals surface area contributed by atoms with Gasteiger partial charge >= 0.3 is 0 Å². The van der Waals surface area contributed by atoms with Gasteiger partial charge in [-0.05, 0) is 51.0 Å². The third kappa shape index (κ3) is 7.44. The molecular weight excluding hydrogens is 451 g/mol. The van der Waals surface area contributed by atoms with Crippen LogP contribution in [0.3, 0.4) is 0 Å². The Balaban J connectivity index is 2.27. The molecule has 1 N–H and O–H groups in total. The molecule has 0 fully saturated rings. The molecule has 0 saturated carbocycles. The summed E-state index contributed by atoms with van der Waals surface area (Å²) in [6, 6.07) is 12.7. The number of benzene rings is 2. The van der Waals surface area contributed by atoms with Crippen molar-refractivity contribution in [2.45, 2.75) is 64.1 Å². The molecule has 0 spiro atoms. The smallest absolute Gasteiger partial charge is 0.243 e. The van der Waals surface area contributed by atoms with E-state index in [4.69, 9.17) is 23.2 Å². The van der Waals surface area contributed by atoms with E-state index in [1.807, 2.05) is 52.0 Å². The van der Waals surface area contributed by atoms with Crippen LogP contribution in [0.2, 0.25) is 10.0 Å². The maximum absolute atomic E-state index is 13.3. The van der Waals surface area contributed by atoms with Crippen molar-refractivity contribution in [3.05, 3.63) is 63.6 Å². The lowest BCUT2D eigenvalue weighted by Gasteiger charge is -2.32. The molecule has 0 aromatic heterocycles. The van der Waals surface area contributed by atoms with Crippen LogP contribution in [-0.4, -0.2) is 34.6 Å². The van der Waals surface area contributed by atoms with Crippen LogP contribution in [0, 0.1) is 6.92 Å². The Morgan fingerprint density at radius 3 is 2.19 bits per heavy atom. The van der Waals surface area contributed by atoms with Crippen molar-refractivity contribution < 1.29 is 9.59 Å². The molecule has 0 saturated heterocycles. The second-order valence-corrected chi connectivity index (χ2v) is 9.43. The zero-order valence-electron chi connectivity index (χ0n) is 18.5. The third-order valence-corrected chi connectivity index (χ3v) is 6.87. The first-order chi connectivity index (χ1) is 14.8. The predicted octanol–water partition coefficient (Wildman–Crippen LogP) is 6.12. The van der Waals surface area contributed by atoms with Gasteiger partial charge in [-0.25, -0.2) is 0 Å². The minimum Gasteiger partial charge on any atom is -0.352 e. The maximum atomic E-state index is 13.3. The molecule has 0 heterocycles. The van der Waals surface area contributed by atoms with E-state index in [0.29, 0.717) is 22.0 Å². The molecule has 7 heteroatoms. The van der Waals surface area contributed by atoms with Crippen LogP contribution in [0.4, 0.5) is 0 Å². The third-order valence-electron chi connectivity index (χ3n) is 5.16. The fraction of sp³-hybridized carbons (Fsp3) is 0.417. The highest BCUT2D eigenvalue weighted by Gasteiger charge is 2.30. The Bertz CT molecular complexity index is 869. The van der Waals surface area contributed by atoms with Gasteiger partial charge in [0.05, 0.1) is 5.75 Å². The second-order valence-electron chi connectivity index (χ2n) is 7.57. The Morgan fingerprint density at radius 1 is 1.03 bits per heavy atom. The van der Waals surface area contributed by atoms with E-state index in [9.17, 15) is 9.59 Å². The summed E-state index contributed by atoms with van der Waals surface area (Å²) in [5.41, 5.74) is 1.81. The number of hydrogen-bond donors (Lipinski definition) is 1. The number of rotatable bonds is 10. The number of hydrogen-bond acceptors (Lipinski definition) is 3. The van der Waals surface area contributed by atoms with Gasteiger partial charge in [0.25, 0.3) is 0 Å². The van der Waals surface area contributed by atoms with E-state index in [0.717, 1.165) is 11.3 Å². The van der Waals surface area contributed by atoms with Crippen molar-refractivity contribution in [2.75, 3.05) is 5.75 Å². The van der Waals surface area contributed by atoms with Gasteiger partial charge in [0.1, 0.15) is 6.04 Å². The van der Waals surface area contributed by atoms with E-state index in [2.05, 4.69) is 5.32 Å². The van der Waals surface area contributed by atoms with Gasteiger partial charge in [-0.2, -0.15) is 0 Å². The van der Waals surface area contributed by atoms with Crippen LogP contribution in [0.15, 0.2) is 47.4 Å². The molecule has 2 atom stereocenters. The van der Waals surface area contributed by atoms with E-state index in [-0.39, 0.29) is 30.2 Å². The van der Waals surface area contributed by atoms with E-state index in [1.165, 1.54) is 17.3 Å². The van der Waals surface area contributed by atoms with Gasteiger partial charge in [-0.3, -0.25) is 9.59 Å². The van der Waals surface area contributed by atoms with Crippen LogP contribution in [0.25, 0.3) is 0 Å². The van der Waals surface area contributed by atoms with E-state index >= 15 is 0 Å². The fourth-order valence-corrected chi connectivity index (χ4v) is 4.38. The molecule has 2 unspecified atom stereocenters. The highest BCUT2D eigenvalue weighted by molar-refractivity contribution is 8.00. The lowest BCUT2D eigenvalue weighted by atomic mass is 10.1. The number of amides is 2. The zero-order valence-corrected chi connectivity index (χ0v) is 20.8.